The van der Waals surface area contributed by atoms with Crippen LogP contribution in [0.3, 0.4) is 0 Å². The van der Waals surface area contributed by atoms with Gasteiger partial charge in [0.25, 0.3) is 0 Å². The lowest BCUT2D eigenvalue weighted by Gasteiger charge is -2.27. The smallest absolute Gasteiger partial charge is 0.134 e. The Hall–Kier alpha value is -0.770. The maximum atomic E-state index is 9.59. The van der Waals surface area contributed by atoms with Gasteiger partial charge in [0.15, 0.2) is 0 Å². The lowest BCUT2D eigenvalue weighted by molar-refractivity contribution is 0.232. The minimum atomic E-state index is 0.178. The number of hydrogen-bond donors (Lipinski definition) is 2. The first-order chi connectivity index (χ1) is 7.66. The van der Waals surface area contributed by atoms with Crippen molar-refractivity contribution in [2.75, 3.05) is 26.2 Å². The lowest BCUT2D eigenvalue weighted by Crippen LogP contribution is -2.42. The number of phenols is 1. The van der Waals surface area contributed by atoms with Crippen molar-refractivity contribution in [2.45, 2.75) is 13.5 Å². The Balaban J connectivity index is 2.11. The van der Waals surface area contributed by atoms with Gasteiger partial charge < -0.3 is 10.4 Å². The molecule has 4 heteroatoms. The highest BCUT2D eigenvalue weighted by atomic mass is 35.5. The van der Waals surface area contributed by atoms with Crippen LogP contribution in [0.15, 0.2) is 12.1 Å². The summed E-state index contributed by atoms with van der Waals surface area (Å²) in [5, 5.41) is 13.3. The molecule has 1 aliphatic rings. The van der Waals surface area contributed by atoms with Gasteiger partial charge in [-0.1, -0.05) is 11.6 Å². The molecule has 0 amide bonds. The predicted octanol–water partition coefficient (Wildman–Crippen LogP) is 1.76. The van der Waals surface area contributed by atoms with Crippen LogP contribution in [0, 0.1) is 6.92 Å². The molecule has 1 aliphatic heterocycles. The Morgan fingerprint density at radius 3 is 2.75 bits per heavy atom. The van der Waals surface area contributed by atoms with Crippen LogP contribution in [-0.4, -0.2) is 36.2 Å². The first-order valence-corrected chi connectivity index (χ1v) is 5.95. The van der Waals surface area contributed by atoms with Gasteiger partial charge in [0.1, 0.15) is 5.75 Å². The third kappa shape index (κ3) is 2.67. The molecule has 0 saturated carbocycles. The van der Waals surface area contributed by atoms with E-state index in [2.05, 4.69) is 10.2 Å². The van der Waals surface area contributed by atoms with Crippen LogP contribution in [0.4, 0.5) is 0 Å². The highest BCUT2D eigenvalue weighted by Gasteiger charge is 2.12. The average Bonchev–Trinajstić information content (AvgIpc) is 2.27. The summed E-state index contributed by atoms with van der Waals surface area (Å²) < 4.78 is 0. The zero-order valence-corrected chi connectivity index (χ0v) is 10.2. The molecule has 1 fully saturated rings. The van der Waals surface area contributed by atoms with Crippen molar-refractivity contribution in [2.24, 2.45) is 0 Å². The van der Waals surface area contributed by atoms with E-state index in [4.69, 9.17) is 11.6 Å². The Morgan fingerprint density at radius 2 is 2.06 bits per heavy atom. The number of halogens is 1. The molecule has 88 valence electrons. The average molecular weight is 241 g/mol. The van der Waals surface area contributed by atoms with E-state index in [0.717, 1.165) is 43.9 Å². The van der Waals surface area contributed by atoms with E-state index in [1.807, 2.05) is 13.0 Å². The fraction of sp³-hybridized carbons (Fsp3) is 0.500. The summed E-state index contributed by atoms with van der Waals surface area (Å²) in [6, 6.07) is 3.61. The normalized spacial score (nSPS) is 17.6. The minimum absolute atomic E-state index is 0.178. The highest BCUT2D eigenvalue weighted by molar-refractivity contribution is 6.32. The monoisotopic (exact) mass is 240 g/mol. The Morgan fingerprint density at radius 1 is 1.38 bits per heavy atom. The highest BCUT2D eigenvalue weighted by Crippen LogP contribution is 2.27. The Labute approximate surface area is 101 Å². The zero-order chi connectivity index (χ0) is 11.5. The van der Waals surface area contributed by atoms with E-state index < -0.39 is 0 Å². The molecular weight excluding hydrogens is 224 g/mol. The van der Waals surface area contributed by atoms with Gasteiger partial charge in [-0.05, 0) is 30.2 Å². The standard InChI is InChI=1S/C12H17ClN2O/c1-9-6-11(13)12(16)7-10(9)8-15-4-2-14-3-5-15/h6-7,14,16H,2-5,8H2,1H3. The summed E-state index contributed by atoms with van der Waals surface area (Å²) in [5.74, 6) is 0.178. The van der Waals surface area contributed by atoms with E-state index in [1.165, 1.54) is 0 Å². The molecule has 0 radical (unpaired) electrons. The van der Waals surface area contributed by atoms with Gasteiger partial charge in [0.05, 0.1) is 5.02 Å². The third-order valence-electron chi connectivity index (χ3n) is 3.01. The van der Waals surface area contributed by atoms with E-state index >= 15 is 0 Å². The molecule has 0 aromatic heterocycles. The molecule has 16 heavy (non-hydrogen) atoms. The largest absolute Gasteiger partial charge is 0.506 e. The predicted molar refractivity (Wildman–Crippen MR) is 66.0 cm³/mol. The van der Waals surface area contributed by atoms with Crippen LogP contribution < -0.4 is 5.32 Å². The van der Waals surface area contributed by atoms with Crippen molar-refractivity contribution in [1.29, 1.82) is 0 Å². The Bertz CT molecular complexity index is 376. The van der Waals surface area contributed by atoms with Gasteiger partial charge in [-0.3, -0.25) is 4.90 Å². The maximum absolute atomic E-state index is 9.59. The van der Waals surface area contributed by atoms with Crippen molar-refractivity contribution >= 4 is 11.6 Å². The van der Waals surface area contributed by atoms with Gasteiger partial charge in [-0.15, -0.1) is 0 Å². The molecule has 0 atom stereocenters. The second kappa shape index (κ2) is 5.04. The number of nitrogens with zero attached hydrogens (tertiary/aromatic N) is 1. The second-order valence-corrected chi connectivity index (χ2v) is 4.66. The van der Waals surface area contributed by atoms with Crippen LogP contribution in [-0.2, 0) is 6.54 Å². The summed E-state index contributed by atoms with van der Waals surface area (Å²) in [4.78, 5) is 2.38. The van der Waals surface area contributed by atoms with Gasteiger partial charge in [-0.25, -0.2) is 0 Å². The fourth-order valence-corrected chi connectivity index (χ4v) is 2.20. The summed E-state index contributed by atoms with van der Waals surface area (Å²) in [6.45, 7) is 7.12. The SMILES string of the molecule is Cc1cc(Cl)c(O)cc1CN1CCNCC1. The van der Waals surface area contributed by atoms with Gasteiger partial charge >= 0.3 is 0 Å². The number of aromatic hydroxyl groups is 1. The second-order valence-electron chi connectivity index (χ2n) is 4.26. The number of phenolic OH excluding ortho intramolecular Hbond substituents is 1. The molecule has 0 unspecified atom stereocenters. The van der Waals surface area contributed by atoms with Crippen molar-refractivity contribution in [1.82, 2.24) is 10.2 Å². The molecule has 1 heterocycles. The summed E-state index contributed by atoms with van der Waals surface area (Å²) in [6.07, 6.45) is 0. The van der Waals surface area contributed by atoms with Crippen LogP contribution in [0.2, 0.25) is 5.02 Å². The van der Waals surface area contributed by atoms with Gasteiger partial charge in [0.2, 0.25) is 0 Å². The van der Waals surface area contributed by atoms with Crippen molar-refractivity contribution in [3.05, 3.63) is 28.3 Å². The molecule has 0 spiro atoms. The summed E-state index contributed by atoms with van der Waals surface area (Å²) in [5.41, 5.74) is 2.30. The molecule has 1 saturated heterocycles. The summed E-state index contributed by atoms with van der Waals surface area (Å²) in [7, 11) is 0. The number of nitrogens with one attached hydrogen (secondary N) is 1. The molecule has 0 bridgehead atoms. The van der Waals surface area contributed by atoms with Crippen LogP contribution in [0.5, 0.6) is 5.75 Å². The van der Waals surface area contributed by atoms with Crippen LogP contribution >= 0.6 is 11.6 Å². The Kier molecular flexibility index (Phi) is 3.69. The van der Waals surface area contributed by atoms with Gasteiger partial charge in [0, 0.05) is 32.7 Å². The molecular formula is C12H17ClN2O. The molecule has 2 rings (SSSR count). The first kappa shape index (κ1) is 11.7. The quantitative estimate of drug-likeness (QED) is 0.827. The van der Waals surface area contributed by atoms with Crippen molar-refractivity contribution in [3.8, 4) is 5.75 Å². The minimum Gasteiger partial charge on any atom is -0.506 e. The molecule has 2 N–H and O–H groups in total. The number of hydrogen-bond acceptors (Lipinski definition) is 3. The maximum Gasteiger partial charge on any atom is 0.134 e. The number of rotatable bonds is 2. The number of aryl methyl sites for hydroxylation is 1. The van der Waals surface area contributed by atoms with Crippen molar-refractivity contribution in [3.63, 3.8) is 0 Å². The van der Waals surface area contributed by atoms with E-state index in [-0.39, 0.29) is 5.75 Å². The molecule has 1 aromatic rings. The third-order valence-corrected chi connectivity index (χ3v) is 3.31. The fourth-order valence-electron chi connectivity index (χ4n) is 1.99. The van der Waals surface area contributed by atoms with E-state index in [9.17, 15) is 5.11 Å². The lowest BCUT2D eigenvalue weighted by atomic mass is 10.1. The molecule has 1 aromatic carbocycles. The van der Waals surface area contributed by atoms with E-state index in [1.54, 1.807) is 6.07 Å². The number of benzene rings is 1. The number of piperazine rings is 1. The van der Waals surface area contributed by atoms with E-state index in [0.29, 0.717) is 5.02 Å². The topological polar surface area (TPSA) is 35.5 Å². The van der Waals surface area contributed by atoms with Gasteiger partial charge in [-0.2, -0.15) is 0 Å². The van der Waals surface area contributed by atoms with Crippen molar-refractivity contribution < 1.29 is 5.11 Å². The zero-order valence-electron chi connectivity index (χ0n) is 9.46. The van der Waals surface area contributed by atoms with Crippen LogP contribution in [0.1, 0.15) is 11.1 Å². The summed E-state index contributed by atoms with van der Waals surface area (Å²) >= 11 is 5.86. The molecule has 0 aliphatic carbocycles. The molecule has 3 nitrogen and oxygen atoms in total. The van der Waals surface area contributed by atoms with Crippen LogP contribution in [0.25, 0.3) is 0 Å². The first-order valence-electron chi connectivity index (χ1n) is 5.58.